The van der Waals surface area contributed by atoms with Gasteiger partial charge in [0.15, 0.2) is 5.78 Å². The molecule has 0 atom stereocenters. The molecular formula is C20H21NO3. The molecule has 0 spiro atoms. The summed E-state index contributed by atoms with van der Waals surface area (Å²) >= 11 is 0. The molecule has 0 fully saturated rings. The van der Waals surface area contributed by atoms with Crippen molar-refractivity contribution in [2.75, 3.05) is 11.9 Å². The fourth-order valence-electron chi connectivity index (χ4n) is 2.19. The van der Waals surface area contributed by atoms with Crippen LogP contribution in [0.15, 0.2) is 60.8 Å². The molecular weight excluding hydrogens is 302 g/mol. The monoisotopic (exact) mass is 323 g/mol. The molecule has 0 heterocycles. The summed E-state index contributed by atoms with van der Waals surface area (Å²) in [5.74, 6) is -0.340. The number of anilines is 1. The second-order valence-corrected chi connectivity index (χ2v) is 5.49. The highest BCUT2D eigenvalue weighted by molar-refractivity contribution is 5.97. The molecule has 124 valence electrons. The highest BCUT2D eigenvalue weighted by atomic mass is 16.5. The van der Waals surface area contributed by atoms with Gasteiger partial charge in [0.1, 0.15) is 0 Å². The van der Waals surface area contributed by atoms with E-state index in [4.69, 9.17) is 4.74 Å². The lowest BCUT2D eigenvalue weighted by molar-refractivity contribution is 0.0526. The summed E-state index contributed by atoms with van der Waals surface area (Å²) in [5.41, 5.74) is 3.64. The highest BCUT2D eigenvalue weighted by Gasteiger charge is 2.09. The molecule has 0 saturated carbocycles. The number of carbonyl (C=O) groups excluding carboxylic acids is 2. The maximum atomic E-state index is 12.2. The van der Waals surface area contributed by atoms with Crippen LogP contribution in [0.3, 0.4) is 0 Å². The Labute approximate surface area is 142 Å². The molecule has 0 aromatic heterocycles. The Kier molecular flexibility index (Phi) is 5.90. The summed E-state index contributed by atoms with van der Waals surface area (Å²) in [4.78, 5) is 23.8. The van der Waals surface area contributed by atoms with Gasteiger partial charge in [0.05, 0.1) is 18.6 Å². The normalized spacial score (nSPS) is 10.1. The molecule has 24 heavy (non-hydrogen) atoms. The number of hydrogen-bond acceptors (Lipinski definition) is 4. The van der Waals surface area contributed by atoms with Crippen LogP contribution in [-0.4, -0.2) is 18.4 Å². The van der Waals surface area contributed by atoms with Crippen molar-refractivity contribution in [1.29, 1.82) is 0 Å². The van der Waals surface area contributed by atoms with Gasteiger partial charge in [0, 0.05) is 16.9 Å². The van der Waals surface area contributed by atoms with Crippen LogP contribution in [0.1, 0.15) is 39.6 Å². The third-order valence-electron chi connectivity index (χ3n) is 3.46. The van der Waals surface area contributed by atoms with Crippen molar-refractivity contribution in [1.82, 2.24) is 0 Å². The van der Waals surface area contributed by atoms with E-state index in [0.717, 1.165) is 11.3 Å². The van der Waals surface area contributed by atoms with E-state index < -0.39 is 0 Å². The molecule has 4 nitrogen and oxygen atoms in total. The zero-order chi connectivity index (χ0) is 17.5. The number of carbonyl (C=O) groups is 2. The van der Waals surface area contributed by atoms with Gasteiger partial charge in [-0.2, -0.15) is 0 Å². The molecule has 2 rings (SSSR count). The van der Waals surface area contributed by atoms with E-state index in [1.54, 1.807) is 31.2 Å². The van der Waals surface area contributed by atoms with Gasteiger partial charge in [-0.15, -0.1) is 0 Å². The quantitative estimate of drug-likeness (QED) is 0.607. The number of allylic oxidation sites excluding steroid dienone is 1. The van der Waals surface area contributed by atoms with E-state index in [1.807, 2.05) is 31.2 Å². The number of ether oxygens (including phenoxy) is 1. The minimum absolute atomic E-state index is 0.00986. The molecule has 2 aromatic carbocycles. The Morgan fingerprint density at radius 3 is 2.17 bits per heavy atom. The molecule has 0 aliphatic carbocycles. The predicted molar refractivity (Wildman–Crippen MR) is 95.3 cm³/mol. The van der Waals surface area contributed by atoms with E-state index in [9.17, 15) is 9.59 Å². The highest BCUT2D eigenvalue weighted by Crippen LogP contribution is 2.15. The van der Waals surface area contributed by atoms with Gasteiger partial charge in [-0.25, -0.2) is 4.79 Å². The minimum Gasteiger partial charge on any atom is -0.462 e. The lowest BCUT2D eigenvalue weighted by atomic mass is 10.1. The zero-order valence-corrected chi connectivity index (χ0v) is 14.0. The molecule has 4 heteroatoms. The van der Waals surface area contributed by atoms with Crippen molar-refractivity contribution in [3.63, 3.8) is 0 Å². The third kappa shape index (κ3) is 4.81. The van der Waals surface area contributed by atoms with Crippen molar-refractivity contribution >= 4 is 17.4 Å². The van der Waals surface area contributed by atoms with Gasteiger partial charge in [0.25, 0.3) is 0 Å². The van der Waals surface area contributed by atoms with Crippen molar-refractivity contribution in [3.05, 3.63) is 77.5 Å². The maximum Gasteiger partial charge on any atom is 0.338 e. The molecule has 0 unspecified atom stereocenters. The Balaban J connectivity index is 1.93. The molecule has 1 N–H and O–H groups in total. The van der Waals surface area contributed by atoms with E-state index in [0.29, 0.717) is 23.4 Å². The van der Waals surface area contributed by atoms with Gasteiger partial charge in [-0.1, -0.05) is 36.4 Å². The Morgan fingerprint density at radius 1 is 1.00 bits per heavy atom. The van der Waals surface area contributed by atoms with Crippen molar-refractivity contribution in [2.45, 2.75) is 20.3 Å². The summed E-state index contributed by atoms with van der Waals surface area (Å²) in [6.07, 6.45) is 0.211. The fraction of sp³-hybridized carbons (Fsp3) is 0.200. The maximum absolute atomic E-state index is 12.2. The van der Waals surface area contributed by atoms with Crippen molar-refractivity contribution in [3.8, 4) is 0 Å². The van der Waals surface area contributed by atoms with Crippen LogP contribution in [-0.2, 0) is 4.74 Å². The van der Waals surface area contributed by atoms with Gasteiger partial charge < -0.3 is 10.1 Å². The third-order valence-corrected chi connectivity index (χ3v) is 3.46. The van der Waals surface area contributed by atoms with Gasteiger partial charge >= 0.3 is 5.97 Å². The molecule has 0 aliphatic heterocycles. The predicted octanol–water partition coefficient (Wildman–Crippen LogP) is 4.37. The van der Waals surface area contributed by atoms with Crippen LogP contribution >= 0.6 is 0 Å². The lowest BCUT2D eigenvalue weighted by Gasteiger charge is -2.10. The standard InChI is InChI=1S/C20H21NO3/c1-4-24-20(23)17-9-11-18(12-10-17)21-15(3)13-19(22)16-7-5-14(2)6-8-16/h5-12,21H,3-4,13H2,1-2H3. The summed E-state index contributed by atoms with van der Waals surface area (Å²) < 4.78 is 4.94. The van der Waals surface area contributed by atoms with Crippen LogP contribution in [0.2, 0.25) is 0 Å². The first kappa shape index (κ1) is 17.5. The van der Waals surface area contributed by atoms with Crippen LogP contribution in [0, 0.1) is 6.92 Å². The van der Waals surface area contributed by atoms with Crippen LogP contribution in [0.4, 0.5) is 5.69 Å². The number of aryl methyl sites for hydroxylation is 1. The van der Waals surface area contributed by atoms with Gasteiger partial charge in [-0.05, 0) is 38.1 Å². The van der Waals surface area contributed by atoms with Crippen molar-refractivity contribution in [2.24, 2.45) is 0 Å². The largest absolute Gasteiger partial charge is 0.462 e. The Morgan fingerprint density at radius 2 is 1.58 bits per heavy atom. The molecule has 0 radical (unpaired) electrons. The minimum atomic E-state index is -0.350. The van der Waals surface area contributed by atoms with E-state index in [-0.39, 0.29) is 18.2 Å². The Hall–Kier alpha value is -2.88. The smallest absolute Gasteiger partial charge is 0.338 e. The average molecular weight is 323 g/mol. The Bertz CT molecular complexity index is 730. The van der Waals surface area contributed by atoms with Crippen molar-refractivity contribution < 1.29 is 14.3 Å². The number of esters is 1. The first-order valence-corrected chi connectivity index (χ1v) is 7.81. The molecule has 0 bridgehead atoms. The second-order valence-electron chi connectivity index (χ2n) is 5.49. The van der Waals surface area contributed by atoms with E-state index in [1.165, 1.54) is 0 Å². The van der Waals surface area contributed by atoms with Crippen LogP contribution in [0.25, 0.3) is 0 Å². The van der Waals surface area contributed by atoms with E-state index in [2.05, 4.69) is 11.9 Å². The van der Waals surface area contributed by atoms with Crippen LogP contribution < -0.4 is 5.32 Å². The van der Waals surface area contributed by atoms with Gasteiger partial charge in [-0.3, -0.25) is 4.79 Å². The average Bonchev–Trinajstić information content (AvgIpc) is 2.56. The summed E-state index contributed by atoms with van der Waals surface area (Å²) in [6.45, 7) is 7.99. The SMILES string of the molecule is C=C(CC(=O)c1ccc(C)cc1)Nc1ccc(C(=O)OCC)cc1. The number of Topliss-reactive ketones (excluding diaryl/α,β-unsaturated/α-hetero) is 1. The number of ketones is 1. The number of nitrogens with one attached hydrogen (secondary N) is 1. The number of benzene rings is 2. The first-order chi connectivity index (χ1) is 11.5. The molecule has 0 saturated heterocycles. The fourth-order valence-corrected chi connectivity index (χ4v) is 2.19. The summed E-state index contributed by atoms with van der Waals surface area (Å²) in [6, 6.07) is 14.3. The molecule has 0 amide bonds. The molecule has 2 aromatic rings. The van der Waals surface area contributed by atoms with Gasteiger partial charge in [0.2, 0.25) is 0 Å². The van der Waals surface area contributed by atoms with Crippen LogP contribution in [0.5, 0.6) is 0 Å². The molecule has 0 aliphatic rings. The number of rotatable bonds is 7. The number of hydrogen-bond donors (Lipinski definition) is 1. The lowest BCUT2D eigenvalue weighted by Crippen LogP contribution is -2.07. The topological polar surface area (TPSA) is 55.4 Å². The summed E-state index contributed by atoms with van der Waals surface area (Å²) in [7, 11) is 0. The first-order valence-electron chi connectivity index (χ1n) is 7.81. The van der Waals surface area contributed by atoms with E-state index >= 15 is 0 Å². The zero-order valence-electron chi connectivity index (χ0n) is 14.0. The second kappa shape index (κ2) is 8.11. The summed E-state index contributed by atoms with van der Waals surface area (Å²) in [5, 5.41) is 3.08.